The lowest BCUT2D eigenvalue weighted by atomic mass is 9.72. The zero-order chi connectivity index (χ0) is 15.9. The molecule has 3 heterocycles. The first kappa shape index (κ1) is 14.7. The molecule has 3 aliphatic rings. The van der Waals surface area contributed by atoms with Crippen molar-refractivity contribution in [3.63, 3.8) is 0 Å². The Labute approximate surface area is 136 Å². The number of benzene rings is 1. The van der Waals surface area contributed by atoms with E-state index < -0.39 is 0 Å². The van der Waals surface area contributed by atoms with Gasteiger partial charge in [-0.1, -0.05) is 12.1 Å². The van der Waals surface area contributed by atoms with Crippen LogP contribution in [0.2, 0.25) is 0 Å². The lowest BCUT2D eigenvalue weighted by molar-refractivity contribution is -0.134. The van der Waals surface area contributed by atoms with E-state index in [-0.39, 0.29) is 17.7 Å². The number of carbonyl (C=O) groups is 2. The SMILES string of the molecule is O=C1CC[C@H](c2ccc(N3CC4(CCNCC4)C3)cc2)C(=O)N1. The van der Waals surface area contributed by atoms with Gasteiger partial charge in [-0.15, -0.1) is 0 Å². The van der Waals surface area contributed by atoms with E-state index in [0.717, 1.165) is 31.7 Å². The van der Waals surface area contributed by atoms with Gasteiger partial charge in [0.25, 0.3) is 0 Å². The molecule has 3 fully saturated rings. The molecule has 2 amide bonds. The van der Waals surface area contributed by atoms with E-state index in [2.05, 4.69) is 27.7 Å². The molecular formula is C18H23N3O2. The van der Waals surface area contributed by atoms with Crippen molar-refractivity contribution in [3.05, 3.63) is 29.8 Å². The maximum Gasteiger partial charge on any atom is 0.234 e. The summed E-state index contributed by atoms with van der Waals surface area (Å²) in [6.07, 6.45) is 3.60. The number of piperidine rings is 2. The monoisotopic (exact) mass is 313 g/mol. The van der Waals surface area contributed by atoms with Gasteiger partial charge in [-0.05, 0) is 50.0 Å². The molecule has 0 bridgehead atoms. The van der Waals surface area contributed by atoms with E-state index >= 15 is 0 Å². The molecule has 1 spiro atoms. The van der Waals surface area contributed by atoms with Gasteiger partial charge in [-0.25, -0.2) is 0 Å². The zero-order valence-electron chi connectivity index (χ0n) is 13.3. The summed E-state index contributed by atoms with van der Waals surface area (Å²) in [4.78, 5) is 25.6. The molecule has 0 radical (unpaired) electrons. The van der Waals surface area contributed by atoms with Crippen molar-refractivity contribution in [2.24, 2.45) is 5.41 Å². The number of imide groups is 1. The highest BCUT2D eigenvalue weighted by Crippen LogP contribution is 2.41. The molecule has 1 atom stereocenters. The van der Waals surface area contributed by atoms with Gasteiger partial charge in [0, 0.05) is 30.6 Å². The van der Waals surface area contributed by atoms with Gasteiger partial charge in [-0.2, -0.15) is 0 Å². The second kappa shape index (κ2) is 5.64. The van der Waals surface area contributed by atoms with Gasteiger partial charge in [-0.3, -0.25) is 14.9 Å². The molecule has 0 aliphatic carbocycles. The molecule has 1 aromatic carbocycles. The van der Waals surface area contributed by atoms with Crippen molar-refractivity contribution < 1.29 is 9.59 Å². The molecule has 5 heteroatoms. The fourth-order valence-electron chi connectivity index (χ4n) is 4.15. The third-order valence-corrected chi connectivity index (χ3v) is 5.62. The van der Waals surface area contributed by atoms with E-state index in [4.69, 9.17) is 0 Å². The van der Waals surface area contributed by atoms with Crippen molar-refractivity contribution in [2.45, 2.75) is 31.6 Å². The summed E-state index contributed by atoms with van der Waals surface area (Å²) in [6.45, 7) is 4.57. The number of nitrogens with one attached hydrogen (secondary N) is 2. The third kappa shape index (κ3) is 2.74. The highest BCUT2D eigenvalue weighted by atomic mass is 16.2. The van der Waals surface area contributed by atoms with Gasteiger partial charge < -0.3 is 10.2 Å². The average Bonchev–Trinajstić information content (AvgIpc) is 2.54. The number of hydrogen-bond donors (Lipinski definition) is 2. The molecule has 1 aromatic rings. The Bertz CT molecular complexity index is 612. The second-order valence-corrected chi connectivity index (χ2v) is 7.20. The number of nitrogens with zero attached hydrogens (tertiary/aromatic N) is 1. The number of anilines is 1. The molecule has 3 saturated heterocycles. The van der Waals surface area contributed by atoms with Gasteiger partial charge in [0.05, 0.1) is 5.92 Å². The summed E-state index contributed by atoms with van der Waals surface area (Å²) in [6, 6.07) is 8.32. The van der Waals surface area contributed by atoms with Crippen LogP contribution in [-0.4, -0.2) is 38.0 Å². The lowest BCUT2D eigenvalue weighted by Gasteiger charge is -2.53. The molecule has 23 heavy (non-hydrogen) atoms. The van der Waals surface area contributed by atoms with Crippen LogP contribution >= 0.6 is 0 Å². The molecule has 122 valence electrons. The van der Waals surface area contributed by atoms with Crippen LogP contribution in [0.5, 0.6) is 0 Å². The third-order valence-electron chi connectivity index (χ3n) is 5.62. The molecule has 5 nitrogen and oxygen atoms in total. The molecule has 0 unspecified atom stereocenters. The van der Waals surface area contributed by atoms with Gasteiger partial charge >= 0.3 is 0 Å². The smallest absolute Gasteiger partial charge is 0.234 e. The Morgan fingerprint density at radius 1 is 1.04 bits per heavy atom. The van der Waals surface area contributed by atoms with Crippen molar-refractivity contribution >= 4 is 17.5 Å². The van der Waals surface area contributed by atoms with Crippen molar-refractivity contribution in [2.75, 3.05) is 31.1 Å². The van der Waals surface area contributed by atoms with Crippen LogP contribution in [0.1, 0.15) is 37.2 Å². The highest BCUT2D eigenvalue weighted by Gasteiger charge is 2.43. The van der Waals surface area contributed by atoms with E-state index in [0.29, 0.717) is 18.3 Å². The summed E-state index contributed by atoms with van der Waals surface area (Å²) in [7, 11) is 0. The van der Waals surface area contributed by atoms with Crippen LogP contribution in [0.4, 0.5) is 5.69 Å². The summed E-state index contributed by atoms with van der Waals surface area (Å²) in [5.41, 5.74) is 2.77. The second-order valence-electron chi connectivity index (χ2n) is 7.20. The summed E-state index contributed by atoms with van der Waals surface area (Å²) in [5.74, 6) is -0.503. The Kier molecular flexibility index (Phi) is 3.60. The summed E-state index contributed by atoms with van der Waals surface area (Å²) < 4.78 is 0. The van der Waals surface area contributed by atoms with E-state index in [1.54, 1.807) is 0 Å². The van der Waals surface area contributed by atoms with Crippen LogP contribution in [0.15, 0.2) is 24.3 Å². The Hall–Kier alpha value is -1.88. The maximum absolute atomic E-state index is 11.9. The number of rotatable bonds is 2. The minimum atomic E-state index is -0.186. The number of carbonyl (C=O) groups excluding carboxylic acids is 2. The summed E-state index contributed by atoms with van der Waals surface area (Å²) in [5, 5.41) is 5.87. The largest absolute Gasteiger partial charge is 0.370 e. The first-order chi connectivity index (χ1) is 11.2. The zero-order valence-corrected chi connectivity index (χ0v) is 13.3. The number of amides is 2. The first-order valence-corrected chi connectivity index (χ1v) is 8.55. The van der Waals surface area contributed by atoms with Crippen LogP contribution in [0, 0.1) is 5.41 Å². The van der Waals surface area contributed by atoms with Gasteiger partial charge in [0.2, 0.25) is 11.8 Å². The average molecular weight is 313 g/mol. The van der Waals surface area contributed by atoms with Crippen molar-refractivity contribution in [3.8, 4) is 0 Å². The van der Waals surface area contributed by atoms with E-state index in [9.17, 15) is 9.59 Å². The normalized spacial score (nSPS) is 26.8. The highest BCUT2D eigenvalue weighted by molar-refractivity contribution is 6.00. The Balaban J connectivity index is 1.41. The molecule has 4 rings (SSSR count). The molecule has 2 N–H and O–H groups in total. The predicted octanol–water partition coefficient (Wildman–Crippen LogP) is 1.40. The van der Waals surface area contributed by atoms with Crippen LogP contribution in [0.25, 0.3) is 0 Å². The lowest BCUT2D eigenvalue weighted by Crippen LogP contribution is -2.60. The van der Waals surface area contributed by atoms with Gasteiger partial charge in [0.15, 0.2) is 0 Å². The quantitative estimate of drug-likeness (QED) is 0.810. The van der Waals surface area contributed by atoms with Crippen LogP contribution < -0.4 is 15.5 Å². The fraction of sp³-hybridized carbons (Fsp3) is 0.556. The topological polar surface area (TPSA) is 61.4 Å². The summed E-state index contributed by atoms with van der Waals surface area (Å²) >= 11 is 0. The molecule has 3 aliphatic heterocycles. The maximum atomic E-state index is 11.9. The first-order valence-electron chi connectivity index (χ1n) is 8.55. The van der Waals surface area contributed by atoms with Crippen LogP contribution in [-0.2, 0) is 9.59 Å². The Morgan fingerprint density at radius 3 is 2.39 bits per heavy atom. The minimum absolute atomic E-state index is 0.157. The molecular weight excluding hydrogens is 290 g/mol. The minimum Gasteiger partial charge on any atom is -0.370 e. The van der Waals surface area contributed by atoms with Crippen LogP contribution in [0.3, 0.4) is 0 Å². The fourth-order valence-corrected chi connectivity index (χ4v) is 4.15. The molecule has 0 saturated carbocycles. The van der Waals surface area contributed by atoms with E-state index in [1.165, 1.54) is 18.5 Å². The predicted molar refractivity (Wildman–Crippen MR) is 88.3 cm³/mol. The standard InChI is InChI=1S/C18H23N3O2/c22-16-6-5-15(17(23)20-16)13-1-3-14(4-2-13)21-11-18(12-21)7-9-19-10-8-18/h1-4,15,19H,5-12H2,(H,20,22,23)/t15-/m1/s1. The van der Waals surface area contributed by atoms with Crippen molar-refractivity contribution in [1.82, 2.24) is 10.6 Å². The molecule has 0 aromatic heterocycles. The van der Waals surface area contributed by atoms with E-state index in [1.807, 2.05) is 12.1 Å². The van der Waals surface area contributed by atoms with Gasteiger partial charge in [0.1, 0.15) is 0 Å². The Morgan fingerprint density at radius 2 is 1.74 bits per heavy atom. The van der Waals surface area contributed by atoms with Crippen molar-refractivity contribution in [1.29, 1.82) is 0 Å². The number of hydrogen-bond acceptors (Lipinski definition) is 4.